The highest BCUT2D eigenvalue weighted by Gasteiger charge is 2.53. The molecular formula is C55H33NO2. The van der Waals surface area contributed by atoms with E-state index in [1.165, 1.54) is 83.0 Å². The van der Waals surface area contributed by atoms with E-state index in [-0.39, 0.29) is 0 Å². The molecule has 3 aliphatic rings. The van der Waals surface area contributed by atoms with Crippen LogP contribution in [0, 0.1) is 0 Å². The lowest BCUT2D eigenvalue weighted by Crippen LogP contribution is -2.26. The Bertz CT molecular complexity index is 3310. The Balaban J connectivity index is 1.00. The summed E-state index contributed by atoms with van der Waals surface area (Å²) < 4.78 is 15.7. The fraction of sp³-hybridized carbons (Fsp3) is 0.0182. The molecule has 270 valence electrons. The molecule has 3 nitrogen and oxygen atoms in total. The largest absolute Gasteiger partial charge is 0.449 e. The zero-order valence-electron chi connectivity index (χ0n) is 31.3. The fourth-order valence-electron chi connectivity index (χ4n) is 10.3. The van der Waals surface area contributed by atoms with Crippen molar-refractivity contribution in [3.05, 3.63) is 222 Å². The number of benzene rings is 9. The summed E-state index contributed by atoms with van der Waals surface area (Å²) in [5, 5.41) is 2.50. The molecule has 0 unspecified atom stereocenters. The van der Waals surface area contributed by atoms with E-state index in [0.29, 0.717) is 0 Å². The highest BCUT2D eigenvalue weighted by Crippen LogP contribution is 2.66. The van der Waals surface area contributed by atoms with Gasteiger partial charge in [0.25, 0.3) is 0 Å². The summed E-state index contributed by atoms with van der Waals surface area (Å²) in [6.07, 6.45) is 0. The zero-order chi connectivity index (χ0) is 38.0. The number of rotatable bonds is 3. The maximum absolute atomic E-state index is 6.79. The van der Waals surface area contributed by atoms with Crippen LogP contribution in [0.5, 0.6) is 23.0 Å². The highest BCUT2D eigenvalue weighted by molar-refractivity contribution is 6.10. The van der Waals surface area contributed by atoms with Gasteiger partial charge in [-0.1, -0.05) is 140 Å². The quantitative estimate of drug-likeness (QED) is 0.180. The topological polar surface area (TPSA) is 23.4 Å². The molecule has 2 aliphatic carbocycles. The Hall–Kier alpha value is -7.62. The lowest BCUT2D eigenvalue weighted by molar-refractivity contribution is 0.360. The standard InChI is InChI=1S/C55H33NO2/c1-2-15-38(16-3-1)56-48-22-9-6-19-41(48)43-32-36(26-29-49(43)56)34-13-12-14-35(31-34)37-25-27-42-47(33-37)55(44-20-7-4-17-39(44)40-18-5-8-21-45(40)55)46-28-30-52-54(53(42)46)58-51-24-11-10-23-50(51)57-52/h1-33H. The number of nitrogens with zero attached hydrogens (tertiary/aromatic N) is 1. The molecule has 0 amide bonds. The van der Waals surface area contributed by atoms with Crippen molar-refractivity contribution in [1.82, 2.24) is 4.57 Å². The molecule has 0 bridgehead atoms. The van der Waals surface area contributed by atoms with E-state index in [0.717, 1.165) is 34.2 Å². The second-order valence-electron chi connectivity index (χ2n) is 15.6. The Morgan fingerprint density at radius 3 is 1.76 bits per heavy atom. The van der Waals surface area contributed by atoms with Crippen LogP contribution in [-0.4, -0.2) is 4.57 Å². The Kier molecular flexibility index (Phi) is 6.37. The molecule has 1 aromatic heterocycles. The van der Waals surface area contributed by atoms with Gasteiger partial charge in [-0.3, -0.25) is 0 Å². The number of hydrogen-bond acceptors (Lipinski definition) is 2. The van der Waals surface area contributed by atoms with E-state index in [1.54, 1.807) is 0 Å². The Morgan fingerprint density at radius 2 is 0.966 bits per heavy atom. The Labute approximate surface area is 335 Å². The van der Waals surface area contributed by atoms with Gasteiger partial charge >= 0.3 is 0 Å². The maximum atomic E-state index is 6.79. The SMILES string of the molecule is c1ccc(-n2c3ccccc3c3cc(-c4cccc(-c5ccc6c(c5)C5(c7ccccc7-c7ccccc75)c5ccc7c(c5-6)Oc5ccccc5O7)c4)ccc32)cc1. The van der Waals surface area contributed by atoms with Crippen molar-refractivity contribution < 1.29 is 9.47 Å². The van der Waals surface area contributed by atoms with Gasteiger partial charge in [0, 0.05) is 22.0 Å². The van der Waals surface area contributed by atoms with E-state index in [2.05, 4.69) is 180 Å². The summed E-state index contributed by atoms with van der Waals surface area (Å²) in [5.41, 5.74) is 17.6. The summed E-state index contributed by atoms with van der Waals surface area (Å²) >= 11 is 0. The fourth-order valence-corrected chi connectivity index (χ4v) is 10.3. The number of aromatic nitrogens is 1. The average molecular weight is 740 g/mol. The molecule has 1 spiro atoms. The van der Waals surface area contributed by atoms with Crippen molar-refractivity contribution >= 4 is 21.8 Å². The summed E-state index contributed by atoms with van der Waals surface area (Å²) in [4.78, 5) is 0. The lowest BCUT2D eigenvalue weighted by atomic mass is 9.70. The summed E-state index contributed by atoms with van der Waals surface area (Å²) in [5.74, 6) is 2.97. The van der Waals surface area contributed by atoms with Crippen molar-refractivity contribution in [2.75, 3.05) is 0 Å². The summed E-state index contributed by atoms with van der Waals surface area (Å²) in [6, 6.07) is 72.5. The van der Waals surface area contributed by atoms with E-state index >= 15 is 0 Å². The first-order chi connectivity index (χ1) is 28.8. The molecule has 0 fully saturated rings. The van der Waals surface area contributed by atoms with Crippen molar-refractivity contribution in [1.29, 1.82) is 0 Å². The number of fused-ring (bicyclic) bond motifs is 16. The third-order valence-electron chi connectivity index (χ3n) is 12.7. The molecule has 0 atom stereocenters. The molecule has 13 rings (SSSR count). The van der Waals surface area contributed by atoms with Crippen molar-refractivity contribution in [2.45, 2.75) is 5.41 Å². The molecular weight excluding hydrogens is 707 g/mol. The van der Waals surface area contributed by atoms with Gasteiger partial charge in [0.1, 0.15) is 0 Å². The number of hydrogen-bond donors (Lipinski definition) is 0. The first kappa shape index (κ1) is 31.6. The van der Waals surface area contributed by atoms with Crippen LogP contribution >= 0.6 is 0 Å². The van der Waals surface area contributed by atoms with Crippen LogP contribution in [0.2, 0.25) is 0 Å². The van der Waals surface area contributed by atoms with Gasteiger partial charge in [-0.05, 0) is 122 Å². The normalized spacial score (nSPS) is 13.6. The van der Waals surface area contributed by atoms with Crippen LogP contribution in [0.1, 0.15) is 22.3 Å². The molecule has 0 radical (unpaired) electrons. The maximum Gasteiger partial charge on any atom is 0.178 e. The third kappa shape index (κ3) is 4.17. The van der Waals surface area contributed by atoms with E-state index in [1.807, 2.05) is 24.3 Å². The molecule has 3 heteroatoms. The smallest absolute Gasteiger partial charge is 0.178 e. The minimum absolute atomic E-state index is 0.529. The van der Waals surface area contributed by atoms with Gasteiger partial charge in [0.2, 0.25) is 0 Å². The van der Waals surface area contributed by atoms with Crippen molar-refractivity contribution in [2.24, 2.45) is 0 Å². The second kappa shape index (κ2) is 11.7. The van der Waals surface area contributed by atoms with Gasteiger partial charge in [-0.2, -0.15) is 0 Å². The van der Waals surface area contributed by atoms with Crippen LogP contribution in [0.4, 0.5) is 0 Å². The number of ether oxygens (including phenoxy) is 2. The molecule has 0 N–H and O–H groups in total. The van der Waals surface area contributed by atoms with Crippen molar-refractivity contribution in [3.8, 4) is 73.2 Å². The summed E-state index contributed by atoms with van der Waals surface area (Å²) in [7, 11) is 0. The zero-order valence-corrected chi connectivity index (χ0v) is 31.3. The average Bonchev–Trinajstić information content (AvgIpc) is 3.90. The van der Waals surface area contributed by atoms with Gasteiger partial charge in [0.15, 0.2) is 23.0 Å². The highest BCUT2D eigenvalue weighted by atomic mass is 16.6. The van der Waals surface area contributed by atoms with E-state index in [9.17, 15) is 0 Å². The van der Waals surface area contributed by atoms with E-state index in [4.69, 9.17) is 9.47 Å². The molecule has 0 saturated carbocycles. The van der Waals surface area contributed by atoms with Crippen LogP contribution in [0.3, 0.4) is 0 Å². The van der Waals surface area contributed by atoms with Gasteiger partial charge in [-0.25, -0.2) is 0 Å². The molecule has 58 heavy (non-hydrogen) atoms. The summed E-state index contributed by atoms with van der Waals surface area (Å²) in [6.45, 7) is 0. The predicted octanol–water partition coefficient (Wildman–Crippen LogP) is 14.4. The van der Waals surface area contributed by atoms with Crippen LogP contribution in [0.25, 0.3) is 72.0 Å². The first-order valence-corrected chi connectivity index (χ1v) is 19.9. The third-order valence-corrected chi connectivity index (χ3v) is 12.7. The monoisotopic (exact) mass is 739 g/mol. The molecule has 0 saturated heterocycles. The van der Waals surface area contributed by atoms with Crippen LogP contribution < -0.4 is 9.47 Å². The van der Waals surface area contributed by atoms with Crippen molar-refractivity contribution in [3.63, 3.8) is 0 Å². The van der Waals surface area contributed by atoms with Crippen LogP contribution in [-0.2, 0) is 5.41 Å². The second-order valence-corrected chi connectivity index (χ2v) is 15.6. The molecule has 9 aromatic carbocycles. The minimum atomic E-state index is -0.529. The Morgan fingerprint density at radius 1 is 0.345 bits per heavy atom. The molecule has 2 heterocycles. The number of para-hydroxylation sites is 4. The minimum Gasteiger partial charge on any atom is -0.449 e. The van der Waals surface area contributed by atoms with Gasteiger partial charge in [0.05, 0.1) is 16.4 Å². The first-order valence-electron chi connectivity index (χ1n) is 19.9. The van der Waals surface area contributed by atoms with Gasteiger partial charge in [-0.15, -0.1) is 0 Å². The van der Waals surface area contributed by atoms with Gasteiger partial charge < -0.3 is 14.0 Å². The van der Waals surface area contributed by atoms with Crippen LogP contribution in [0.15, 0.2) is 200 Å². The lowest BCUT2D eigenvalue weighted by Gasteiger charge is -2.31. The van der Waals surface area contributed by atoms with E-state index < -0.39 is 5.41 Å². The molecule has 10 aromatic rings. The molecule has 1 aliphatic heterocycles. The predicted molar refractivity (Wildman–Crippen MR) is 235 cm³/mol.